The molecule has 0 radical (unpaired) electrons. The van der Waals surface area contributed by atoms with Crippen molar-refractivity contribution in [3.63, 3.8) is 0 Å². The number of esters is 1. The van der Waals surface area contributed by atoms with E-state index in [2.05, 4.69) is 0 Å². The number of nitrogens with zero attached hydrogens (tertiary/aromatic N) is 1. The molecular weight excluding hydrogens is 234 g/mol. The minimum atomic E-state index is -0.746. The van der Waals surface area contributed by atoms with Gasteiger partial charge in [0.25, 0.3) is 5.91 Å². The van der Waals surface area contributed by atoms with Crippen molar-refractivity contribution in [3.8, 4) is 0 Å². The van der Waals surface area contributed by atoms with Crippen molar-refractivity contribution in [1.29, 1.82) is 0 Å². The minimum Gasteiger partial charge on any atom is -0.464 e. The predicted octanol–water partition coefficient (Wildman–Crippen LogP) is 0.980. The maximum absolute atomic E-state index is 11.9. The van der Waals surface area contributed by atoms with Gasteiger partial charge < -0.3 is 9.47 Å². The van der Waals surface area contributed by atoms with E-state index in [1.54, 1.807) is 19.1 Å². The molecule has 2 atom stereocenters. The highest BCUT2D eigenvalue weighted by Gasteiger charge is 2.53. The van der Waals surface area contributed by atoms with Gasteiger partial charge in [-0.1, -0.05) is 18.2 Å². The second kappa shape index (κ2) is 5.18. The molecule has 18 heavy (non-hydrogen) atoms. The molecule has 0 aromatic heterocycles. The summed E-state index contributed by atoms with van der Waals surface area (Å²) in [6.07, 6.45) is -0.746. The Kier molecular flexibility index (Phi) is 3.62. The summed E-state index contributed by atoms with van der Waals surface area (Å²) in [6, 6.07) is 8.33. The second-order valence-electron chi connectivity index (χ2n) is 3.90. The summed E-state index contributed by atoms with van der Waals surface area (Å²) in [6.45, 7) is 2.01. The van der Waals surface area contributed by atoms with Gasteiger partial charge in [-0.25, -0.2) is 4.79 Å². The second-order valence-corrected chi connectivity index (χ2v) is 3.90. The van der Waals surface area contributed by atoms with Gasteiger partial charge in [0.1, 0.15) is 0 Å². The van der Waals surface area contributed by atoms with Crippen molar-refractivity contribution < 1.29 is 19.1 Å². The minimum absolute atomic E-state index is 0.221. The van der Waals surface area contributed by atoms with Gasteiger partial charge in [0.2, 0.25) is 0 Å². The highest BCUT2D eigenvalue weighted by atomic mass is 16.5. The first-order valence-electron chi connectivity index (χ1n) is 5.78. The van der Waals surface area contributed by atoms with Crippen LogP contribution in [0.15, 0.2) is 30.3 Å². The van der Waals surface area contributed by atoms with Crippen LogP contribution in [0.1, 0.15) is 6.92 Å². The summed E-state index contributed by atoms with van der Waals surface area (Å²) >= 11 is 0. The van der Waals surface area contributed by atoms with Gasteiger partial charge in [0.15, 0.2) is 12.1 Å². The number of methoxy groups -OCH3 is 1. The van der Waals surface area contributed by atoms with Gasteiger partial charge in [-0.3, -0.25) is 9.69 Å². The fourth-order valence-corrected chi connectivity index (χ4v) is 2.03. The Morgan fingerprint density at radius 3 is 2.56 bits per heavy atom. The van der Waals surface area contributed by atoms with E-state index in [0.717, 1.165) is 0 Å². The maximum atomic E-state index is 11.9. The van der Waals surface area contributed by atoms with E-state index in [1.807, 2.05) is 18.2 Å². The zero-order valence-electron chi connectivity index (χ0n) is 10.3. The van der Waals surface area contributed by atoms with E-state index < -0.39 is 18.1 Å². The van der Waals surface area contributed by atoms with Crippen molar-refractivity contribution >= 4 is 17.6 Å². The smallest absolute Gasteiger partial charge is 0.332 e. The Balaban J connectivity index is 2.24. The van der Waals surface area contributed by atoms with Crippen molar-refractivity contribution in [2.24, 2.45) is 0 Å². The lowest BCUT2D eigenvalue weighted by Gasteiger charge is -2.44. The highest BCUT2D eigenvalue weighted by Crippen LogP contribution is 2.30. The fourth-order valence-electron chi connectivity index (χ4n) is 2.03. The van der Waals surface area contributed by atoms with Gasteiger partial charge in [-0.15, -0.1) is 0 Å². The average Bonchev–Trinajstić information content (AvgIpc) is 2.38. The van der Waals surface area contributed by atoms with E-state index in [9.17, 15) is 9.59 Å². The predicted molar refractivity (Wildman–Crippen MR) is 65.1 cm³/mol. The first-order valence-corrected chi connectivity index (χ1v) is 5.78. The average molecular weight is 249 g/mol. The molecule has 5 nitrogen and oxygen atoms in total. The fraction of sp³-hybridized carbons (Fsp3) is 0.385. The maximum Gasteiger partial charge on any atom is 0.332 e. The number of anilines is 1. The lowest BCUT2D eigenvalue weighted by atomic mass is 9.96. The van der Waals surface area contributed by atoms with Gasteiger partial charge in [0, 0.05) is 12.8 Å². The van der Waals surface area contributed by atoms with Crippen LogP contribution in [0.2, 0.25) is 0 Å². The molecule has 1 aliphatic rings. The van der Waals surface area contributed by atoms with E-state index >= 15 is 0 Å². The van der Waals surface area contributed by atoms with Gasteiger partial charge in [0.05, 0.1) is 6.61 Å². The summed E-state index contributed by atoms with van der Waals surface area (Å²) in [4.78, 5) is 25.1. The van der Waals surface area contributed by atoms with E-state index in [1.165, 1.54) is 12.0 Å². The molecule has 1 aliphatic heterocycles. The summed E-state index contributed by atoms with van der Waals surface area (Å²) in [5.74, 6) is -0.658. The number of amides is 1. The lowest BCUT2D eigenvalue weighted by molar-refractivity contribution is -0.160. The molecule has 5 heteroatoms. The van der Waals surface area contributed by atoms with Crippen molar-refractivity contribution in [2.45, 2.75) is 19.1 Å². The van der Waals surface area contributed by atoms with Gasteiger partial charge >= 0.3 is 5.97 Å². The number of hydrogen-bond donors (Lipinski definition) is 0. The quantitative estimate of drug-likeness (QED) is 0.589. The van der Waals surface area contributed by atoms with Crippen LogP contribution in [0.25, 0.3) is 0 Å². The molecule has 0 unspecified atom stereocenters. The third kappa shape index (κ3) is 1.97. The lowest BCUT2D eigenvalue weighted by Crippen LogP contribution is -2.69. The third-order valence-corrected chi connectivity index (χ3v) is 2.86. The molecule has 1 aromatic rings. The van der Waals surface area contributed by atoms with Crippen molar-refractivity contribution in [1.82, 2.24) is 0 Å². The summed E-state index contributed by atoms with van der Waals surface area (Å²) in [5, 5.41) is 0. The number of hydrogen-bond acceptors (Lipinski definition) is 4. The van der Waals surface area contributed by atoms with Crippen LogP contribution in [-0.2, 0) is 19.1 Å². The number of benzene rings is 1. The molecule has 0 bridgehead atoms. The molecule has 0 aliphatic carbocycles. The Labute approximate surface area is 105 Å². The van der Waals surface area contributed by atoms with Gasteiger partial charge in [-0.2, -0.15) is 0 Å². The van der Waals surface area contributed by atoms with Crippen LogP contribution >= 0.6 is 0 Å². The summed E-state index contributed by atoms with van der Waals surface area (Å²) < 4.78 is 10.0. The van der Waals surface area contributed by atoms with Crippen molar-refractivity contribution in [2.75, 3.05) is 18.6 Å². The zero-order valence-corrected chi connectivity index (χ0v) is 10.3. The Hall–Kier alpha value is -1.88. The van der Waals surface area contributed by atoms with E-state index in [0.29, 0.717) is 5.69 Å². The molecule has 1 amide bonds. The first-order chi connectivity index (χ1) is 8.70. The third-order valence-electron chi connectivity index (χ3n) is 2.86. The van der Waals surface area contributed by atoms with Crippen LogP contribution in [0.5, 0.6) is 0 Å². The Morgan fingerprint density at radius 1 is 1.33 bits per heavy atom. The molecule has 1 heterocycles. The SMILES string of the molecule is CCOC(=O)[C@@H]1[C@H](OC)C(=O)N1c1ccccc1. The monoisotopic (exact) mass is 249 g/mol. The number of ether oxygens (including phenoxy) is 2. The molecule has 1 aromatic carbocycles. The molecule has 0 spiro atoms. The Bertz CT molecular complexity index is 446. The summed E-state index contributed by atoms with van der Waals surface area (Å²) in [5.41, 5.74) is 0.675. The largest absolute Gasteiger partial charge is 0.464 e. The normalized spacial score (nSPS) is 22.6. The molecule has 0 N–H and O–H groups in total. The number of carbonyl (C=O) groups excluding carboxylic acids is 2. The number of rotatable bonds is 4. The van der Waals surface area contributed by atoms with Gasteiger partial charge in [-0.05, 0) is 19.1 Å². The highest BCUT2D eigenvalue weighted by molar-refractivity contribution is 6.12. The number of carbonyl (C=O) groups is 2. The Morgan fingerprint density at radius 2 is 2.00 bits per heavy atom. The molecule has 1 fully saturated rings. The summed E-state index contributed by atoms with van der Waals surface area (Å²) in [7, 11) is 1.41. The molecule has 1 saturated heterocycles. The van der Waals surface area contributed by atoms with Crippen LogP contribution in [0.3, 0.4) is 0 Å². The van der Waals surface area contributed by atoms with Crippen LogP contribution in [0, 0.1) is 0 Å². The van der Waals surface area contributed by atoms with Crippen LogP contribution in [-0.4, -0.2) is 37.7 Å². The number of para-hydroxylation sites is 1. The molecule has 2 rings (SSSR count). The van der Waals surface area contributed by atoms with E-state index in [-0.39, 0.29) is 12.5 Å². The molecule has 0 saturated carbocycles. The first kappa shape index (κ1) is 12.6. The standard InChI is InChI=1S/C13H15NO4/c1-3-18-13(16)10-11(17-2)12(15)14(10)9-7-5-4-6-8-9/h4-8,10-11H,3H2,1-2H3/t10-,11-/m0/s1. The van der Waals surface area contributed by atoms with Crippen LogP contribution in [0.4, 0.5) is 5.69 Å². The topological polar surface area (TPSA) is 55.8 Å². The molecule has 96 valence electrons. The van der Waals surface area contributed by atoms with Crippen molar-refractivity contribution in [3.05, 3.63) is 30.3 Å². The zero-order chi connectivity index (χ0) is 13.1. The van der Waals surface area contributed by atoms with Crippen LogP contribution < -0.4 is 4.90 Å². The molecular formula is C13H15NO4. The number of β-lactam (4-membered cyclic amide) rings is 1. The van der Waals surface area contributed by atoms with E-state index in [4.69, 9.17) is 9.47 Å².